The van der Waals surface area contributed by atoms with Gasteiger partial charge in [0.15, 0.2) is 11.5 Å². The SMILES string of the molecule is C[C@@H](CO)NC(=O)CN1CCCC(C)(C)COc2ccccc2Oc2ncccc2C1. The van der Waals surface area contributed by atoms with Crippen LogP contribution in [0, 0.1) is 5.41 Å². The Morgan fingerprint density at radius 3 is 2.81 bits per heavy atom. The van der Waals surface area contributed by atoms with Crippen molar-refractivity contribution in [3.05, 3.63) is 48.2 Å². The molecule has 0 fully saturated rings. The second-order valence-corrected chi connectivity index (χ2v) is 8.93. The molecule has 2 aromatic rings. The van der Waals surface area contributed by atoms with Crippen LogP contribution < -0.4 is 14.8 Å². The predicted molar refractivity (Wildman–Crippen MR) is 119 cm³/mol. The summed E-state index contributed by atoms with van der Waals surface area (Å²) in [6.07, 6.45) is 3.59. The number of nitrogens with one attached hydrogen (secondary N) is 1. The molecule has 168 valence electrons. The summed E-state index contributed by atoms with van der Waals surface area (Å²) in [6.45, 7) is 8.17. The molecule has 3 rings (SSSR count). The first-order chi connectivity index (χ1) is 14.9. The maximum absolute atomic E-state index is 12.5. The van der Waals surface area contributed by atoms with Gasteiger partial charge in [-0.25, -0.2) is 4.98 Å². The third-order valence-corrected chi connectivity index (χ3v) is 5.29. The number of aliphatic hydroxyl groups is 1. The predicted octanol–water partition coefficient (Wildman–Crippen LogP) is 3.37. The van der Waals surface area contributed by atoms with E-state index in [1.807, 2.05) is 36.4 Å². The molecule has 1 amide bonds. The van der Waals surface area contributed by atoms with Crippen molar-refractivity contribution in [3.63, 3.8) is 0 Å². The molecular formula is C24H33N3O4. The Hall–Kier alpha value is -2.64. The molecule has 2 heterocycles. The van der Waals surface area contributed by atoms with Gasteiger partial charge in [-0.3, -0.25) is 9.69 Å². The van der Waals surface area contributed by atoms with Crippen LogP contribution in [0.15, 0.2) is 42.6 Å². The number of carbonyl (C=O) groups excluding carboxylic acids is 1. The van der Waals surface area contributed by atoms with Crippen LogP contribution in [0.1, 0.15) is 39.2 Å². The van der Waals surface area contributed by atoms with Gasteiger partial charge in [-0.1, -0.05) is 32.0 Å². The second-order valence-electron chi connectivity index (χ2n) is 8.93. The molecule has 1 aliphatic rings. The lowest BCUT2D eigenvalue weighted by molar-refractivity contribution is -0.123. The first kappa shape index (κ1) is 23.0. The Kier molecular flexibility index (Phi) is 7.87. The summed E-state index contributed by atoms with van der Waals surface area (Å²) in [5.41, 5.74) is 0.879. The molecule has 2 N–H and O–H groups in total. The lowest BCUT2D eigenvalue weighted by Crippen LogP contribution is -2.42. The second kappa shape index (κ2) is 10.6. The largest absolute Gasteiger partial charge is 0.489 e. The standard InChI is InChI=1S/C24H33N3O4/c1-18(16-28)26-22(29)15-27-13-7-11-24(2,3)17-30-20-9-4-5-10-21(20)31-23-19(14-27)8-6-12-25-23/h4-6,8-10,12,18,28H,7,11,13-17H2,1-3H3,(H,26,29)/t18-/m0/s1. The van der Waals surface area contributed by atoms with Gasteiger partial charge in [0, 0.05) is 24.3 Å². The number of hydrogen-bond acceptors (Lipinski definition) is 6. The smallest absolute Gasteiger partial charge is 0.234 e. The van der Waals surface area contributed by atoms with Gasteiger partial charge < -0.3 is 19.9 Å². The third kappa shape index (κ3) is 6.94. The zero-order valence-corrected chi connectivity index (χ0v) is 18.6. The number of para-hydroxylation sites is 2. The molecule has 0 unspecified atom stereocenters. The van der Waals surface area contributed by atoms with E-state index < -0.39 is 0 Å². The molecule has 0 bridgehead atoms. The fourth-order valence-electron chi connectivity index (χ4n) is 3.54. The highest BCUT2D eigenvalue weighted by Gasteiger charge is 2.23. The van der Waals surface area contributed by atoms with Gasteiger partial charge in [-0.2, -0.15) is 0 Å². The van der Waals surface area contributed by atoms with Gasteiger partial charge in [-0.05, 0) is 49.9 Å². The quantitative estimate of drug-likeness (QED) is 0.778. The van der Waals surface area contributed by atoms with Crippen LogP contribution >= 0.6 is 0 Å². The number of hydrogen-bond donors (Lipinski definition) is 2. The number of rotatable bonds is 4. The number of aromatic nitrogens is 1. The van der Waals surface area contributed by atoms with Crippen molar-refractivity contribution in [1.29, 1.82) is 0 Å². The van der Waals surface area contributed by atoms with Crippen molar-refractivity contribution in [2.45, 2.75) is 46.2 Å². The molecule has 1 atom stereocenters. The average Bonchev–Trinajstić information content (AvgIpc) is 2.74. The topological polar surface area (TPSA) is 83.9 Å². The summed E-state index contributed by atoms with van der Waals surface area (Å²) in [7, 11) is 0. The number of carbonyl (C=O) groups is 1. The zero-order chi connectivity index (χ0) is 22.3. The molecule has 7 heteroatoms. The molecule has 0 saturated carbocycles. The molecule has 1 aliphatic heterocycles. The average molecular weight is 428 g/mol. The molecule has 1 aromatic carbocycles. The lowest BCUT2D eigenvalue weighted by Gasteiger charge is -2.27. The number of fused-ring (bicyclic) bond motifs is 2. The van der Waals surface area contributed by atoms with Gasteiger partial charge in [0.25, 0.3) is 0 Å². The van der Waals surface area contributed by atoms with Gasteiger partial charge in [0.2, 0.25) is 11.8 Å². The van der Waals surface area contributed by atoms with Crippen molar-refractivity contribution < 1.29 is 19.4 Å². The Labute approximate surface area is 184 Å². The van der Waals surface area contributed by atoms with E-state index in [1.54, 1.807) is 13.1 Å². The van der Waals surface area contributed by atoms with Crippen molar-refractivity contribution >= 4 is 5.91 Å². The third-order valence-electron chi connectivity index (χ3n) is 5.29. The van der Waals surface area contributed by atoms with E-state index in [-0.39, 0.29) is 30.5 Å². The normalized spacial score (nSPS) is 17.9. The van der Waals surface area contributed by atoms with Crippen LogP contribution in [0.5, 0.6) is 17.4 Å². The van der Waals surface area contributed by atoms with Crippen LogP contribution in [0.4, 0.5) is 0 Å². The first-order valence-electron chi connectivity index (χ1n) is 10.8. The number of ether oxygens (including phenoxy) is 2. The molecule has 1 aromatic heterocycles. The minimum atomic E-state index is -0.270. The zero-order valence-electron chi connectivity index (χ0n) is 18.6. The number of nitrogens with zero attached hydrogens (tertiary/aromatic N) is 2. The van der Waals surface area contributed by atoms with Crippen molar-refractivity contribution in [3.8, 4) is 17.4 Å². The molecular weight excluding hydrogens is 394 g/mol. The highest BCUT2D eigenvalue weighted by atomic mass is 16.5. The molecule has 7 nitrogen and oxygen atoms in total. The summed E-state index contributed by atoms with van der Waals surface area (Å²) in [5.74, 6) is 1.72. The Morgan fingerprint density at radius 1 is 1.26 bits per heavy atom. The van der Waals surface area contributed by atoms with E-state index in [4.69, 9.17) is 9.47 Å². The first-order valence-corrected chi connectivity index (χ1v) is 10.8. The highest BCUT2D eigenvalue weighted by molar-refractivity contribution is 5.78. The van der Waals surface area contributed by atoms with Gasteiger partial charge in [-0.15, -0.1) is 0 Å². The van der Waals surface area contributed by atoms with E-state index in [1.165, 1.54) is 0 Å². The number of pyridine rings is 1. The van der Waals surface area contributed by atoms with Crippen molar-refractivity contribution in [2.75, 3.05) is 26.3 Å². The summed E-state index contributed by atoms with van der Waals surface area (Å²) in [6, 6.07) is 11.2. The van der Waals surface area contributed by atoms with E-state index in [9.17, 15) is 9.90 Å². The van der Waals surface area contributed by atoms with E-state index in [0.29, 0.717) is 30.5 Å². The minimum absolute atomic E-state index is 0.0222. The summed E-state index contributed by atoms with van der Waals surface area (Å²) in [4.78, 5) is 19.0. The lowest BCUT2D eigenvalue weighted by atomic mass is 9.88. The Bertz CT molecular complexity index is 871. The van der Waals surface area contributed by atoms with Crippen molar-refractivity contribution in [2.24, 2.45) is 5.41 Å². The maximum atomic E-state index is 12.5. The number of amides is 1. The fourth-order valence-corrected chi connectivity index (χ4v) is 3.54. The van der Waals surface area contributed by atoms with Crippen LogP contribution in [-0.2, 0) is 11.3 Å². The van der Waals surface area contributed by atoms with E-state index in [2.05, 4.69) is 29.0 Å². The minimum Gasteiger partial charge on any atom is -0.489 e. The van der Waals surface area contributed by atoms with E-state index >= 15 is 0 Å². The molecule has 0 saturated heterocycles. The fraction of sp³-hybridized carbons (Fsp3) is 0.500. The summed E-state index contributed by atoms with van der Waals surface area (Å²) in [5, 5.41) is 12.1. The molecule has 0 radical (unpaired) electrons. The molecule has 0 spiro atoms. The van der Waals surface area contributed by atoms with Crippen LogP contribution in [-0.4, -0.2) is 53.2 Å². The number of aliphatic hydroxyl groups excluding tert-OH is 1. The monoisotopic (exact) mass is 427 g/mol. The van der Waals surface area contributed by atoms with Crippen LogP contribution in [0.3, 0.4) is 0 Å². The van der Waals surface area contributed by atoms with Gasteiger partial charge in [0.05, 0.1) is 19.8 Å². The summed E-state index contributed by atoms with van der Waals surface area (Å²) >= 11 is 0. The Morgan fingerprint density at radius 2 is 2.03 bits per heavy atom. The number of benzene rings is 1. The van der Waals surface area contributed by atoms with E-state index in [0.717, 1.165) is 24.9 Å². The van der Waals surface area contributed by atoms with Gasteiger partial charge in [0.1, 0.15) is 0 Å². The Balaban J connectivity index is 1.87. The van der Waals surface area contributed by atoms with Crippen LogP contribution in [0.25, 0.3) is 0 Å². The van der Waals surface area contributed by atoms with Gasteiger partial charge >= 0.3 is 0 Å². The maximum Gasteiger partial charge on any atom is 0.234 e. The molecule has 0 aliphatic carbocycles. The molecule has 31 heavy (non-hydrogen) atoms. The highest BCUT2D eigenvalue weighted by Crippen LogP contribution is 2.34. The van der Waals surface area contributed by atoms with Crippen molar-refractivity contribution in [1.82, 2.24) is 15.2 Å². The van der Waals surface area contributed by atoms with Crippen LogP contribution in [0.2, 0.25) is 0 Å². The summed E-state index contributed by atoms with van der Waals surface area (Å²) < 4.78 is 12.3.